The van der Waals surface area contributed by atoms with Crippen LogP contribution in [-0.2, 0) is 7.80 Å². The molecule has 0 aromatic heterocycles. The second kappa shape index (κ2) is 5.20. The Hall–Kier alpha value is 0.510. The molecule has 0 aliphatic heterocycles. The SMILES string of the molecule is CC(F)(F)OCCCO[IH+]. The quantitative estimate of drug-likeness (QED) is 0.433. The first-order valence-electron chi connectivity index (χ1n) is 2.83. The maximum Gasteiger partial charge on any atom is 0.458 e. The Labute approximate surface area is 72.6 Å². The smallest absolute Gasteiger partial charge is 0.321 e. The second-order valence-corrected chi connectivity index (χ2v) is 2.50. The molecule has 0 N–H and O–H groups in total. The van der Waals surface area contributed by atoms with Crippen molar-refractivity contribution in [3.05, 3.63) is 0 Å². The van der Waals surface area contributed by atoms with E-state index in [1.165, 1.54) is 23.0 Å². The molecule has 0 radical (unpaired) electrons. The van der Waals surface area contributed by atoms with Crippen LogP contribution >= 0.6 is 0 Å². The maximum absolute atomic E-state index is 11.9. The van der Waals surface area contributed by atoms with Crippen molar-refractivity contribution in [2.24, 2.45) is 0 Å². The molecular weight excluding hydrogens is 257 g/mol. The fraction of sp³-hybridized carbons (Fsp3) is 1.00. The largest absolute Gasteiger partial charge is 0.458 e. The van der Waals surface area contributed by atoms with Crippen LogP contribution in [0.1, 0.15) is 13.3 Å². The molecule has 2 nitrogen and oxygen atoms in total. The summed E-state index contributed by atoms with van der Waals surface area (Å²) in [6.45, 7) is 1.22. The summed E-state index contributed by atoms with van der Waals surface area (Å²) < 4.78 is 32.5. The van der Waals surface area contributed by atoms with Gasteiger partial charge in [-0.25, -0.2) is 0 Å². The van der Waals surface area contributed by atoms with Gasteiger partial charge in [-0.05, 0) is 6.42 Å². The Morgan fingerprint density at radius 3 is 2.40 bits per heavy atom. The summed E-state index contributed by atoms with van der Waals surface area (Å²) in [5.74, 6) is 0. The van der Waals surface area contributed by atoms with E-state index in [9.17, 15) is 8.78 Å². The molecule has 0 saturated heterocycles. The Kier molecular flexibility index (Phi) is 5.46. The minimum atomic E-state index is -3.01. The van der Waals surface area contributed by atoms with Crippen molar-refractivity contribution in [3.8, 4) is 0 Å². The predicted octanol–water partition coefficient (Wildman–Crippen LogP) is -1.78. The van der Waals surface area contributed by atoms with Crippen LogP contribution in [0.15, 0.2) is 0 Å². The molecule has 0 saturated carbocycles. The van der Waals surface area contributed by atoms with E-state index in [-0.39, 0.29) is 6.61 Å². The lowest BCUT2D eigenvalue weighted by Gasteiger charge is -2.09. The van der Waals surface area contributed by atoms with Gasteiger partial charge >= 0.3 is 29.1 Å². The zero-order valence-corrected chi connectivity index (χ0v) is 7.93. The van der Waals surface area contributed by atoms with Gasteiger partial charge in [0.25, 0.3) is 0 Å². The van der Waals surface area contributed by atoms with Crippen LogP contribution in [0.25, 0.3) is 0 Å². The number of alkyl halides is 2. The van der Waals surface area contributed by atoms with E-state index < -0.39 is 6.11 Å². The van der Waals surface area contributed by atoms with Crippen molar-refractivity contribution in [2.75, 3.05) is 13.2 Å². The van der Waals surface area contributed by atoms with E-state index in [1.807, 2.05) is 0 Å². The topological polar surface area (TPSA) is 18.5 Å². The van der Waals surface area contributed by atoms with Gasteiger partial charge in [0.05, 0.1) is 6.61 Å². The highest BCUT2D eigenvalue weighted by molar-refractivity contribution is 4.39. The molecule has 0 spiro atoms. The molecule has 0 rings (SSSR count). The van der Waals surface area contributed by atoms with Crippen LogP contribution < -0.4 is 23.0 Å². The van der Waals surface area contributed by atoms with Crippen molar-refractivity contribution in [3.63, 3.8) is 0 Å². The van der Waals surface area contributed by atoms with E-state index in [4.69, 9.17) is 0 Å². The molecular formula is C5H10F2IO2+. The number of rotatable bonds is 5. The summed E-state index contributed by atoms with van der Waals surface area (Å²) in [6.07, 6.45) is -2.50. The third-order valence-corrected chi connectivity index (χ3v) is 1.20. The summed E-state index contributed by atoms with van der Waals surface area (Å²) in [7, 11) is 0. The van der Waals surface area contributed by atoms with E-state index >= 15 is 0 Å². The first kappa shape index (κ1) is 10.5. The predicted molar refractivity (Wildman–Crippen MR) is 28.5 cm³/mol. The van der Waals surface area contributed by atoms with Crippen LogP contribution in [0.5, 0.6) is 0 Å². The number of ether oxygens (including phenoxy) is 1. The number of hydrogen-bond acceptors (Lipinski definition) is 2. The molecule has 0 fully saturated rings. The second-order valence-electron chi connectivity index (χ2n) is 1.83. The van der Waals surface area contributed by atoms with E-state index in [2.05, 4.69) is 7.80 Å². The zero-order chi connectivity index (χ0) is 8.04. The van der Waals surface area contributed by atoms with Gasteiger partial charge in [-0.2, -0.15) is 8.78 Å². The van der Waals surface area contributed by atoms with Crippen LogP contribution in [0.2, 0.25) is 0 Å². The molecule has 0 aliphatic rings. The van der Waals surface area contributed by atoms with Crippen molar-refractivity contribution in [2.45, 2.75) is 19.5 Å². The Morgan fingerprint density at radius 2 is 2.00 bits per heavy atom. The molecule has 5 heteroatoms. The highest BCUT2D eigenvalue weighted by Crippen LogP contribution is 2.12. The molecule has 0 amide bonds. The Balaban J connectivity index is 3.04. The minimum absolute atomic E-state index is 0.0406. The lowest BCUT2D eigenvalue weighted by Crippen LogP contribution is -3.34. The van der Waals surface area contributed by atoms with Gasteiger partial charge in [-0.3, -0.25) is 0 Å². The molecule has 0 unspecified atom stereocenters. The third-order valence-electron chi connectivity index (χ3n) is 0.728. The standard InChI is InChI=1S/C5H10F2IO2/c1-5(6,7)9-3-2-4-10-8/h8H,2-4H2,1H3/q+1. The summed E-state index contributed by atoms with van der Waals surface area (Å²) in [6, 6.07) is 0. The molecule has 0 aromatic rings. The fourth-order valence-corrected chi connectivity index (χ4v) is 0.706. The lowest BCUT2D eigenvalue weighted by molar-refractivity contribution is -0.689. The lowest BCUT2D eigenvalue weighted by atomic mass is 10.5. The average Bonchev–Trinajstić information content (AvgIpc) is 1.78. The molecule has 0 heterocycles. The van der Waals surface area contributed by atoms with Gasteiger partial charge < -0.3 is 4.74 Å². The van der Waals surface area contributed by atoms with E-state index in [0.29, 0.717) is 13.0 Å². The van der Waals surface area contributed by atoms with Crippen molar-refractivity contribution < 1.29 is 39.6 Å². The summed E-state index contributed by atoms with van der Waals surface area (Å²) >= 11 is 1.46. The van der Waals surface area contributed by atoms with Gasteiger partial charge in [-0.1, -0.05) is 0 Å². The van der Waals surface area contributed by atoms with Gasteiger partial charge in [0.1, 0.15) is 6.61 Å². The summed E-state index contributed by atoms with van der Waals surface area (Å²) in [5, 5.41) is 0. The normalized spacial score (nSPS) is 12.0. The number of halogens is 3. The number of hydrogen-bond donors (Lipinski definition) is 0. The zero-order valence-electron chi connectivity index (χ0n) is 5.60. The maximum atomic E-state index is 11.9. The van der Waals surface area contributed by atoms with Crippen molar-refractivity contribution in [1.82, 2.24) is 0 Å². The molecule has 0 atom stereocenters. The minimum Gasteiger partial charge on any atom is -0.321 e. The van der Waals surface area contributed by atoms with Crippen molar-refractivity contribution in [1.29, 1.82) is 0 Å². The summed E-state index contributed by atoms with van der Waals surface area (Å²) in [4.78, 5) is 0. The first-order chi connectivity index (χ1) is 4.56. The first-order valence-corrected chi connectivity index (χ1v) is 3.78. The molecule has 10 heavy (non-hydrogen) atoms. The van der Waals surface area contributed by atoms with Gasteiger partial charge in [0, 0.05) is 6.92 Å². The van der Waals surface area contributed by atoms with Crippen molar-refractivity contribution >= 4 is 0 Å². The van der Waals surface area contributed by atoms with Crippen LogP contribution in [0, 0.1) is 0 Å². The Morgan fingerprint density at radius 1 is 1.40 bits per heavy atom. The molecule has 0 aromatic carbocycles. The third kappa shape index (κ3) is 8.51. The van der Waals surface area contributed by atoms with Gasteiger partial charge in [-0.15, -0.1) is 3.07 Å². The van der Waals surface area contributed by atoms with Crippen LogP contribution in [0.3, 0.4) is 0 Å². The highest BCUT2D eigenvalue weighted by atomic mass is 127. The summed E-state index contributed by atoms with van der Waals surface area (Å²) in [5.41, 5.74) is 0. The Bertz CT molecular complexity index is 84.2. The van der Waals surface area contributed by atoms with Gasteiger partial charge in [0.15, 0.2) is 0 Å². The van der Waals surface area contributed by atoms with Crippen LogP contribution in [-0.4, -0.2) is 19.3 Å². The highest BCUT2D eigenvalue weighted by Gasteiger charge is 2.20. The van der Waals surface area contributed by atoms with Crippen LogP contribution in [0.4, 0.5) is 8.78 Å². The monoisotopic (exact) mass is 267 g/mol. The average molecular weight is 267 g/mol. The fourth-order valence-electron chi connectivity index (χ4n) is 0.369. The molecule has 62 valence electrons. The van der Waals surface area contributed by atoms with E-state index in [0.717, 1.165) is 6.92 Å². The molecule has 0 bridgehead atoms. The van der Waals surface area contributed by atoms with Gasteiger partial charge in [0.2, 0.25) is 0 Å². The van der Waals surface area contributed by atoms with E-state index in [1.54, 1.807) is 0 Å². The molecule has 0 aliphatic carbocycles.